The molecule has 0 spiro atoms. The van der Waals surface area contributed by atoms with E-state index >= 15 is 0 Å². The van der Waals surface area contributed by atoms with Gasteiger partial charge in [0.2, 0.25) is 0 Å². The molecule has 0 aliphatic carbocycles. The maximum absolute atomic E-state index is 11.1. The van der Waals surface area contributed by atoms with Crippen LogP contribution in [0.1, 0.15) is 27.7 Å². The monoisotopic (exact) mass is 306 g/mol. The second-order valence-electron chi connectivity index (χ2n) is 4.37. The van der Waals surface area contributed by atoms with Crippen LogP contribution in [0.2, 0.25) is 0 Å². The molecule has 21 heavy (non-hydrogen) atoms. The molecule has 0 radical (unpaired) electrons. The molecule has 110 valence electrons. The average molecular weight is 306 g/mol. The Morgan fingerprint density at radius 3 is 2.81 bits per heavy atom. The SMILES string of the molecule is CCc1ccsc1CNc1ccc(C(=O)O)cc1[N+](=O)[O-]. The predicted octanol–water partition coefficient (Wildman–Crippen LogP) is 3.53. The Labute approximate surface area is 125 Å². The van der Waals surface area contributed by atoms with E-state index in [4.69, 9.17) is 5.11 Å². The molecule has 0 bridgehead atoms. The minimum absolute atomic E-state index is 0.0994. The first-order chi connectivity index (χ1) is 10.0. The smallest absolute Gasteiger partial charge is 0.335 e. The first-order valence-electron chi connectivity index (χ1n) is 6.33. The van der Waals surface area contributed by atoms with Crippen LogP contribution in [0.5, 0.6) is 0 Å². The van der Waals surface area contributed by atoms with Gasteiger partial charge in [0.05, 0.1) is 10.5 Å². The lowest BCUT2D eigenvalue weighted by Crippen LogP contribution is -2.05. The number of nitrogens with zero attached hydrogens (tertiary/aromatic N) is 1. The minimum Gasteiger partial charge on any atom is -0.478 e. The van der Waals surface area contributed by atoms with E-state index in [1.54, 1.807) is 11.3 Å². The molecule has 0 unspecified atom stereocenters. The molecule has 0 aliphatic heterocycles. The number of thiophene rings is 1. The predicted molar refractivity (Wildman–Crippen MR) is 81.1 cm³/mol. The highest BCUT2D eigenvalue weighted by molar-refractivity contribution is 7.10. The number of nitrogens with one attached hydrogen (secondary N) is 1. The number of aryl methyl sites for hydroxylation is 1. The Morgan fingerprint density at radius 2 is 2.19 bits per heavy atom. The van der Waals surface area contributed by atoms with Crippen LogP contribution in [-0.2, 0) is 13.0 Å². The number of nitro benzene ring substituents is 1. The zero-order valence-electron chi connectivity index (χ0n) is 11.3. The molecule has 0 fully saturated rings. The van der Waals surface area contributed by atoms with Crippen molar-refractivity contribution >= 4 is 28.7 Å². The van der Waals surface area contributed by atoms with Crippen molar-refractivity contribution in [2.75, 3.05) is 5.32 Å². The number of carbonyl (C=O) groups is 1. The van der Waals surface area contributed by atoms with Crippen LogP contribution in [0, 0.1) is 10.1 Å². The van der Waals surface area contributed by atoms with E-state index in [2.05, 4.69) is 12.2 Å². The fourth-order valence-corrected chi connectivity index (χ4v) is 2.89. The lowest BCUT2D eigenvalue weighted by Gasteiger charge is -2.08. The quantitative estimate of drug-likeness (QED) is 0.629. The number of hydrogen-bond acceptors (Lipinski definition) is 5. The topological polar surface area (TPSA) is 92.5 Å². The van der Waals surface area contributed by atoms with Crippen molar-refractivity contribution in [3.8, 4) is 0 Å². The van der Waals surface area contributed by atoms with Gasteiger partial charge in [-0.1, -0.05) is 6.92 Å². The van der Waals surface area contributed by atoms with Crippen LogP contribution < -0.4 is 5.32 Å². The maximum Gasteiger partial charge on any atom is 0.335 e. The number of nitro groups is 1. The zero-order valence-corrected chi connectivity index (χ0v) is 12.1. The van der Waals surface area contributed by atoms with Crippen molar-refractivity contribution in [1.29, 1.82) is 0 Å². The molecule has 6 nitrogen and oxygen atoms in total. The standard InChI is InChI=1S/C14H14N2O4S/c1-2-9-5-6-21-13(9)8-15-11-4-3-10(14(17)18)7-12(11)16(19)20/h3-7,15H,2,8H2,1H3,(H,17,18). The van der Waals surface area contributed by atoms with Crippen molar-refractivity contribution in [1.82, 2.24) is 0 Å². The third kappa shape index (κ3) is 3.38. The molecule has 0 aliphatic rings. The number of benzene rings is 1. The second-order valence-corrected chi connectivity index (χ2v) is 5.37. The molecule has 1 aromatic carbocycles. The van der Waals surface area contributed by atoms with Crippen LogP contribution in [0.4, 0.5) is 11.4 Å². The summed E-state index contributed by atoms with van der Waals surface area (Å²) in [5, 5.41) is 24.9. The van der Waals surface area contributed by atoms with Gasteiger partial charge in [-0.25, -0.2) is 4.79 Å². The maximum atomic E-state index is 11.1. The molecule has 2 rings (SSSR count). The van der Waals surface area contributed by atoms with Gasteiger partial charge in [-0.15, -0.1) is 11.3 Å². The van der Waals surface area contributed by atoms with Crippen LogP contribution in [0.3, 0.4) is 0 Å². The largest absolute Gasteiger partial charge is 0.478 e. The van der Waals surface area contributed by atoms with E-state index in [-0.39, 0.29) is 11.3 Å². The number of hydrogen-bond donors (Lipinski definition) is 2. The molecule has 0 amide bonds. The van der Waals surface area contributed by atoms with E-state index in [1.165, 1.54) is 17.7 Å². The Morgan fingerprint density at radius 1 is 1.43 bits per heavy atom. The summed E-state index contributed by atoms with van der Waals surface area (Å²) in [6.07, 6.45) is 0.903. The molecular formula is C14H14N2O4S. The van der Waals surface area contributed by atoms with Crippen LogP contribution >= 0.6 is 11.3 Å². The molecule has 2 N–H and O–H groups in total. The summed E-state index contributed by atoms with van der Waals surface area (Å²) in [5.74, 6) is -1.18. The lowest BCUT2D eigenvalue weighted by atomic mass is 10.1. The van der Waals surface area contributed by atoms with E-state index in [0.29, 0.717) is 12.2 Å². The van der Waals surface area contributed by atoms with Gasteiger partial charge in [-0.3, -0.25) is 10.1 Å². The third-order valence-electron chi connectivity index (χ3n) is 3.10. The first-order valence-corrected chi connectivity index (χ1v) is 7.21. The zero-order chi connectivity index (χ0) is 15.4. The highest BCUT2D eigenvalue weighted by Gasteiger charge is 2.17. The summed E-state index contributed by atoms with van der Waals surface area (Å²) in [7, 11) is 0. The van der Waals surface area contributed by atoms with E-state index < -0.39 is 10.9 Å². The molecule has 0 saturated carbocycles. The fourth-order valence-electron chi connectivity index (χ4n) is 1.98. The summed E-state index contributed by atoms with van der Waals surface area (Å²) in [5.41, 5.74) is 1.19. The van der Waals surface area contributed by atoms with E-state index in [9.17, 15) is 14.9 Å². The normalized spacial score (nSPS) is 10.3. The highest BCUT2D eigenvalue weighted by atomic mass is 32.1. The van der Waals surface area contributed by atoms with E-state index in [1.807, 2.05) is 11.4 Å². The van der Waals surface area contributed by atoms with Gasteiger partial charge in [0, 0.05) is 17.5 Å². The fraction of sp³-hybridized carbons (Fsp3) is 0.214. The molecule has 7 heteroatoms. The average Bonchev–Trinajstić information content (AvgIpc) is 2.92. The number of carboxylic acids is 1. The van der Waals surface area contributed by atoms with Crippen molar-refractivity contribution in [2.24, 2.45) is 0 Å². The third-order valence-corrected chi connectivity index (χ3v) is 4.06. The molecule has 1 heterocycles. The van der Waals surface area contributed by atoms with Gasteiger partial charge in [-0.2, -0.15) is 0 Å². The van der Waals surface area contributed by atoms with Crippen molar-refractivity contribution < 1.29 is 14.8 Å². The number of aromatic carboxylic acids is 1. The van der Waals surface area contributed by atoms with Gasteiger partial charge < -0.3 is 10.4 Å². The van der Waals surface area contributed by atoms with Crippen molar-refractivity contribution in [3.63, 3.8) is 0 Å². The van der Waals surface area contributed by atoms with Crippen molar-refractivity contribution in [3.05, 3.63) is 55.8 Å². The highest BCUT2D eigenvalue weighted by Crippen LogP contribution is 2.27. The van der Waals surface area contributed by atoms with E-state index in [0.717, 1.165) is 17.4 Å². The van der Waals surface area contributed by atoms with Gasteiger partial charge in [0.1, 0.15) is 5.69 Å². The van der Waals surface area contributed by atoms with Gasteiger partial charge in [0.25, 0.3) is 5.69 Å². The number of anilines is 1. The summed E-state index contributed by atoms with van der Waals surface area (Å²) in [6, 6.07) is 5.89. The summed E-state index contributed by atoms with van der Waals surface area (Å²) >= 11 is 1.59. The first kappa shape index (κ1) is 15.0. The molecule has 0 atom stereocenters. The van der Waals surface area contributed by atoms with Crippen LogP contribution in [-0.4, -0.2) is 16.0 Å². The van der Waals surface area contributed by atoms with Crippen molar-refractivity contribution in [2.45, 2.75) is 19.9 Å². The van der Waals surface area contributed by atoms with Crippen LogP contribution in [0.15, 0.2) is 29.6 Å². The van der Waals surface area contributed by atoms with Gasteiger partial charge >= 0.3 is 5.97 Å². The Bertz CT molecular complexity index is 681. The van der Waals surface area contributed by atoms with Gasteiger partial charge in [0.15, 0.2) is 0 Å². The Balaban J connectivity index is 2.23. The molecular weight excluding hydrogens is 292 g/mol. The minimum atomic E-state index is -1.18. The summed E-state index contributed by atoms with van der Waals surface area (Å²) in [4.78, 5) is 22.5. The lowest BCUT2D eigenvalue weighted by molar-refractivity contribution is -0.384. The number of carboxylic acid groups (broad SMARTS) is 1. The molecule has 0 saturated heterocycles. The molecule has 1 aromatic heterocycles. The Hall–Kier alpha value is -2.41. The van der Waals surface area contributed by atoms with Gasteiger partial charge in [-0.05, 0) is 35.6 Å². The summed E-state index contributed by atoms with van der Waals surface area (Å²) < 4.78 is 0. The molecule has 2 aromatic rings. The number of rotatable bonds is 6. The van der Waals surface area contributed by atoms with Crippen LogP contribution in [0.25, 0.3) is 0 Å². The second kappa shape index (κ2) is 6.36. The summed E-state index contributed by atoms with van der Waals surface area (Å²) in [6.45, 7) is 2.53. The Kier molecular flexibility index (Phi) is 4.54.